The molecule has 1 aliphatic rings. The second kappa shape index (κ2) is 9.76. The summed E-state index contributed by atoms with van der Waals surface area (Å²) in [5, 5.41) is 5.51. The minimum absolute atomic E-state index is 0.0369. The van der Waals surface area contributed by atoms with Crippen LogP contribution in [0.15, 0.2) is 24.3 Å². The Morgan fingerprint density at radius 1 is 1.35 bits per heavy atom. The van der Waals surface area contributed by atoms with Crippen LogP contribution in [0.2, 0.25) is 0 Å². The number of piperazine rings is 1. The van der Waals surface area contributed by atoms with E-state index < -0.39 is 0 Å². The maximum absolute atomic E-state index is 12.6. The average Bonchev–Trinajstić information content (AvgIpc) is 2.61. The quantitative estimate of drug-likeness (QED) is 0.694. The van der Waals surface area contributed by atoms with Crippen molar-refractivity contribution in [1.29, 1.82) is 0 Å². The van der Waals surface area contributed by atoms with Crippen molar-refractivity contribution in [3.8, 4) is 5.75 Å². The average molecular weight is 362 g/mol. The number of benzene rings is 1. The Morgan fingerprint density at radius 3 is 2.81 bits per heavy atom. The third kappa shape index (κ3) is 5.73. The fourth-order valence-corrected chi connectivity index (χ4v) is 2.79. The lowest BCUT2D eigenvalue weighted by atomic mass is 10.3. The highest BCUT2D eigenvalue weighted by Gasteiger charge is 2.23. The van der Waals surface area contributed by atoms with E-state index in [2.05, 4.69) is 10.6 Å². The molecule has 8 nitrogen and oxygen atoms in total. The summed E-state index contributed by atoms with van der Waals surface area (Å²) in [5.41, 5.74) is 0.566. The number of amides is 3. The van der Waals surface area contributed by atoms with Gasteiger partial charge in [-0.15, -0.1) is 0 Å². The van der Waals surface area contributed by atoms with Crippen molar-refractivity contribution in [1.82, 2.24) is 15.1 Å². The highest BCUT2D eigenvalue weighted by atomic mass is 16.5. The normalized spacial score (nSPS) is 14.5. The number of rotatable bonds is 8. The molecule has 142 valence electrons. The predicted molar refractivity (Wildman–Crippen MR) is 97.9 cm³/mol. The molecule has 0 spiro atoms. The van der Waals surface area contributed by atoms with E-state index in [0.29, 0.717) is 31.1 Å². The molecule has 0 atom stereocenters. The molecule has 0 radical (unpaired) electrons. The van der Waals surface area contributed by atoms with Crippen LogP contribution < -0.4 is 15.4 Å². The molecule has 1 aromatic carbocycles. The van der Waals surface area contributed by atoms with Crippen LogP contribution >= 0.6 is 0 Å². The summed E-state index contributed by atoms with van der Waals surface area (Å²) >= 11 is 0. The van der Waals surface area contributed by atoms with Crippen molar-refractivity contribution >= 4 is 23.4 Å². The van der Waals surface area contributed by atoms with E-state index in [0.717, 1.165) is 6.42 Å². The van der Waals surface area contributed by atoms with Gasteiger partial charge in [-0.2, -0.15) is 0 Å². The van der Waals surface area contributed by atoms with E-state index in [9.17, 15) is 14.4 Å². The first-order chi connectivity index (χ1) is 12.5. The van der Waals surface area contributed by atoms with Crippen LogP contribution in [0.5, 0.6) is 5.75 Å². The van der Waals surface area contributed by atoms with Gasteiger partial charge in [-0.1, -0.05) is 19.1 Å². The molecule has 1 fully saturated rings. The molecule has 3 amide bonds. The molecule has 26 heavy (non-hydrogen) atoms. The van der Waals surface area contributed by atoms with Gasteiger partial charge in [0.25, 0.3) is 0 Å². The lowest BCUT2D eigenvalue weighted by molar-refractivity contribution is -0.136. The molecular formula is C18H26N4O4. The zero-order chi connectivity index (χ0) is 18.9. The smallest absolute Gasteiger partial charge is 0.244 e. The van der Waals surface area contributed by atoms with Crippen LogP contribution in [0.3, 0.4) is 0 Å². The van der Waals surface area contributed by atoms with Gasteiger partial charge in [0, 0.05) is 19.6 Å². The summed E-state index contributed by atoms with van der Waals surface area (Å²) in [6.07, 6.45) is 0.744. The predicted octanol–water partition coefficient (Wildman–Crippen LogP) is 0.304. The Labute approximate surface area is 153 Å². The summed E-state index contributed by atoms with van der Waals surface area (Å²) in [7, 11) is 1.53. The molecule has 2 N–H and O–H groups in total. The van der Waals surface area contributed by atoms with E-state index in [4.69, 9.17) is 4.74 Å². The summed E-state index contributed by atoms with van der Waals surface area (Å²) in [4.78, 5) is 39.7. The molecule has 0 unspecified atom stereocenters. The maximum Gasteiger partial charge on any atom is 0.244 e. The summed E-state index contributed by atoms with van der Waals surface area (Å²) in [6.45, 7) is 3.91. The van der Waals surface area contributed by atoms with Crippen LogP contribution in [0.25, 0.3) is 0 Å². The maximum atomic E-state index is 12.6. The van der Waals surface area contributed by atoms with Gasteiger partial charge < -0.3 is 20.3 Å². The molecule has 0 saturated carbocycles. The van der Waals surface area contributed by atoms with Gasteiger partial charge in [-0.3, -0.25) is 19.3 Å². The van der Waals surface area contributed by atoms with Gasteiger partial charge in [0.2, 0.25) is 17.7 Å². The van der Waals surface area contributed by atoms with E-state index in [1.165, 1.54) is 12.0 Å². The van der Waals surface area contributed by atoms with Crippen molar-refractivity contribution in [3.05, 3.63) is 24.3 Å². The molecule has 1 saturated heterocycles. The number of ether oxygens (including phenoxy) is 1. The second-order valence-electron chi connectivity index (χ2n) is 6.12. The Kier molecular flexibility index (Phi) is 7.40. The largest absolute Gasteiger partial charge is 0.495 e. The number of para-hydroxylation sites is 2. The fraction of sp³-hybridized carbons (Fsp3) is 0.500. The second-order valence-corrected chi connectivity index (χ2v) is 6.12. The molecule has 8 heteroatoms. The highest BCUT2D eigenvalue weighted by Crippen LogP contribution is 2.22. The van der Waals surface area contributed by atoms with Crippen molar-refractivity contribution in [2.24, 2.45) is 0 Å². The van der Waals surface area contributed by atoms with E-state index in [1.54, 1.807) is 23.1 Å². The van der Waals surface area contributed by atoms with Crippen molar-refractivity contribution in [3.63, 3.8) is 0 Å². The summed E-state index contributed by atoms with van der Waals surface area (Å²) in [5.74, 6) is 0.0398. The van der Waals surface area contributed by atoms with Gasteiger partial charge in [0.15, 0.2) is 0 Å². The van der Waals surface area contributed by atoms with Gasteiger partial charge in [-0.05, 0) is 18.6 Å². The van der Waals surface area contributed by atoms with Gasteiger partial charge in [0.1, 0.15) is 5.75 Å². The lowest BCUT2D eigenvalue weighted by Crippen LogP contribution is -2.52. The molecule has 0 aliphatic carbocycles. The standard InChI is InChI=1S/C18H26N4O4/c1-3-9-22(18(25)13-21-10-8-19-16(23)11-21)12-17(24)20-14-6-4-5-7-15(14)26-2/h4-7H,3,8-13H2,1-2H3,(H,19,23)(H,20,24). The van der Waals surface area contributed by atoms with Crippen LogP contribution in [-0.4, -0.2) is 73.9 Å². The van der Waals surface area contributed by atoms with E-state index in [1.807, 2.05) is 13.0 Å². The molecule has 1 aliphatic heterocycles. The van der Waals surface area contributed by atoms with Crippen LogP contribution in [-0.2, 0) is 14.4 Å². The van der Waals surface area contributed by atoms with Crippen LogP contribution in [0, 0.1) is 0 Å². The number of nitrogens with zero attached hydrogens (tertiary/aromatic N) is 2. The minimum atomic E-state index is -0.285. The van der Waals surface area contributed by atoms with Crippen LogP contribution in [0.1, 0.15) is 13.3 Å². The first kappa shape index (κ1) is 19.7. The van der Waals surface area contributed by atoms with Gasteiger partial charge in [0.05, 0.1) is 32.4 Å². The Hall–Kier alpha value is -2.61. The van der Waals surface area contributed by atoms with Gasteiger partial charge in [-0.25, -0.2) is 0 Å². The Balaban J connectivity index is 1.94. The van der Waals surface area contributed by atoms with E-state index >= 15 is 0 Å². The minimum Gasteiger partial charge on any atom is -0.495 e. The van der Waals surface area contributed by atoms with Crippen LogP contribution in [0.4, 0.5) is 5.69 Å². The number of carbonyl (C=O) groups excluding carboxylic acids is 3. The number of methoxy groups -OCH3 is 1. The first-order valence-corrected chi connectivity index (χ1v) is 8.73. The first-order valence-electron chi connectivity index (χ1n) is 8.73. The molecule has 2 rings (SSSR count). The highest BCUT2D eigenvalue weighted by molar-refractivity contribution is 5.96. The number of nitrogens with one attached hydrogen (secondary N) is 2. The van der Waals surface area contributed by atoms with E-state index in [-0.39, 0.29) is 37.4 Å². The topological polar surface area (TPSA) is 91.0 Å². The van der Waals surface area contributed by atoms with Gasteiger partial charge >= 0.3 is 0 Å². The Bertz CT molecular complexity index is 650. The lowest BCUT2D eigenvalue weighted by Gasteiger charge is -2.29. The van der Waals surface area contributed by atoms with Crippen molar-refractivity contribution in [2.45, 2.75) is 13.3 Å². The Morgan fingerprint density at radius 2 is 2.12 bits per heavy atom. The molecular weight excluding hydrogens is 336 g/mol. The molecule has 1 aromatic rings. The summed E-state index contributed by atoms with van der Waals surface area (Å²) < 4.78 is 5.22. The third-order valence-electron chi connectivity index (χ3n) is 4.04. The molecule has 0 aromatic heterocycles. The monoisotopic (exact) mass is 362 g/mol. The van der Waals surface area contributed by atoms with Crippen molar-refractivity contribution in [2.75, 3.05) is 51.7 Å². The number of hydrogen-bond donors (Lipinski definition) is 2. The summed E-state index contributed by atoms with van der Waals surface area (Å²) in [6, 6.07) is 7.12. The molecule has 0 bridgehead atoms. The number of carbonyl (C=O) groups is 3. The third-order valence-corrected chi connectivity index (χ3v) is 4.04. The molecule has 1 heterocycles. The number of anilines is 1. The van der Waals surface area contributed by atoms with Crippen molar-refractivity contribution < 1.29 is 19.1 Å². The zero-order valence-electron chi connectivity index (χ0n) is 15.3. The zero-order valence-corrected chi connectivity index (χ0v) is 15.3. The number of hydrogen-bond acceptors (Lipinski definition) is 5. The SMILES string of the molecule is CCCN(CC(=O)Nc1ccccc1OC)C(=O)CN1CCNC(=O)C1. The fourth-order valence-electron chi connectivity index (χ4n) is 2.79.